The molecule has 1 N–H and O–H groups in total. The Morgan fingerprint density at radius 1 is 0.763 bits per heavy atom. The molecule has 0 atom stereocenters. The van der Waals surface area contributed by atoms with E-state index in [4.69, 9.17) is 4.74 Å². The van der Waals surface area contributed by atoms with Crippen molar-refractivity contribution in [1.29, 1.82) is 0 Å². The molecule has 5 nitrogen and oxygen atoms in total. The molecule has 0 unspecified atom stereocenters. The molecule has 0 heterocycles. The van der Waals surface area contributed by atoms with Gasteiger partial charge in [0.25, 0.3) is 0 Å². The van der Waals surface area contributed by atoms with Crippen molar-refractivity contribution in [2.24, 2.45) is 0 Å². The predicted octanol–water partition coefficient (Wildman–Crippen LogP) is 7.15. The quantitative estimate of drug-likeness (QED) is 0.277. The fourth-order valence-corrected chi connectivity index (χ4v) is 4.03. The zero-order valence-corrected chi connectivity index (χ0v) is 20.2. The van der Waals surface area contributed by atoms with E-state index in [9.17, 15) is 31.1 Å². The Hall–Kier alpha value is -3.89. The molecule has 3 rings (SSSR count). The molecule has 0 aliphatic heterocycles. The van der Waals surface area contributed by atoms with E-state index in [-0.39, 0.29) is 30.7 Å². The Kier molecular flexibility index (Phi) is 9.13. The van der Waals surface area contributed by atoms with E-state index < -0.39 is 35.7 Å². The van der Waals surface area contributed by atoms with Gasteiger partial charge in [-0.1, -0.05) is 61.5 Å². The van der Waals surface area contributed by atoms with E-state index in [0.717, 1.165) is 24.3 Å². The number of benzene rings is 3. The topological polar surface area (TPSA) is 56.8 Å². The van der Waals surface area contributed by atoms with Crippen molar-refractivity contribution < 1.29 is 45.3 Å². The van der Waals surface area contributed by atoms with Crippen LogP contribution in [0.25, 0.3) is 0 Å². The molecule has 3 aromatic carbocycles. The third kappa shape index (κ3) is 8.32. The molecule has 0 fully saturated rings. The highest BCUT2D eigenvalue weighted by atomic mass is 19.4. The maximum atomic E-state index is 13.0. The van der Waals surface area contributed by atoms with E-state index in [2.05, 4.69) is 14.8 Å². The Morgan fingerprint density at radius 3 is 1.76 bits per heavy atom. The van der Waals surface area contributed by atoms with E-state index >= 15 is 0 Å². The summed E-state index contributed by atoms with van der Waals surface area (Å²) < 4.78 is 91.3. The first-order valence-electron chi connectivity index (χ1n) is 11.6. The summed E-state index contributed by atoms with van der Waals surface area (Å²) in [5.41, 5.74) is -0.144. The van der Waals surface area contributed by atoms with Gasteiger partial charge < -0.3 is 19.5 Å². The molecule has 38 heavy (non-hydrogen) atoms. The molecule has 0 spiro atoms. The predicted molar refractivity (Wildman–Crippen MR) is 127 cm³/mol. The van der Waals surface area contributed by atoms with Crippen molar-refractivity contribution in [3.05, 3.63) is 95.6 Å². The van der Waals surface area contributed by atoms with Crippen molar-refractivity contribution in [1.82, 2.24) is 5.32 Å². The van der Waals surface area contributed by atoms with Gasteiger partial charge in [-0.3, -0.25) is 0 Å². The number of hydrogen-bond acceptors (Lipinski definition) is 4. The molecule has 1 amide bonds. The molecule has 0 radical (unpaired) electrons. The van der Waals surface area contributed by atoms with Gasteiger partial charge >= 0.3 is 18.8 Å². The van der Waals surface area contributed by atoms with Crippen molar-refractivity contribution in [3.63, 3.8) is 0 Å². The van der Waals surface area contributed by atoms with E-state index in [1.807, 2.05) is 0 Å². The van der Waals surface area contributed by atoms with Crippen LogP contribution < -0.4 is 14.8 Å². The van der Waals surface area contributed by atoms with Gasteiger partial charge in [0.2, 0.25) is 0 Å². The second-order valence-corrected chi connectivity index (χ2v) is 8.39. The second-order valence-electron chi connectivity index (χ2n) is 8.39. The highest BCUT2D eigenvalue weighted by molar-refractivity contribution is 5.67. The van der Waals surface area contributed by atoms with E-state index in [1.54, 1.807) is 37.3 Å². The smallest absolute Gasteiger partial charge is 0.450 e. The number of nitrogens with one attached hydrogen (secondary N) is 1. The van der Waals surface area contributed by atoms with Gasteiger partial charge in [0, 0.05) is 12.0 Å². The zero-order valence-electron chi connectivity index (χ0n) is 20.2. The fraction of sp³-hybridized carbons (Fsp3) is 0.296. The minimum Gasteiger partial charge on any atom is -0.450 e. The number of rotatable bonds is 10. The Labute approximate surface area is 215 Å². The van der Waals surface area contributed by atoms with Crippen LogP contribution in [0.1, 0.15) is 30.0 Å². The Bertz CT molecular complexity index is 1140. The second kappa shape index (κ2) is 12.1. The Balaban J connectivity index is 2.19. The highest BCUT2D eigenvalue weighted by Crippen LogP contribution is 2.39. The van der Waals surface area contributed by atoms with Gasteiger partial charge in [-0.25, -0.2) is 4.79 Å². The summed E-state index contributed by atoms with van der Waals surface area (Å²) in [5, 5.41) is 2.62. The molecule has 0 aliphatic rings. The molecule has 3 aromatic rings. The lowest BCUT2D eigenvalue weighted by molar-refractivity contribution is -0.275. The monoisotopic (exact) mass is 541 g/mol. The largest absolute Gasteiger partial charge is 0.573 e. The molecular weight excluding hydrogens is 516 g/mol. The van der Waals surface area contributed by atoms with Gasteiger partial charge in [-0.15, -0.1) is 26.3 Å². The summed E-state index contributed by atoms with van der Waals surface area (Å²) in [6, 6.07) is 19.0. The van der Waals surface area contributed by atoms with Crippen LogP contribution in [0.15, 0.2) is 78.9 Å². The number of carbonyl (C=O) groups is 1. The van der Waals surface area contributed by atoms with Crippen LogP contribution in [0.3, 0.4) is 0 Å². The van der Waals surface area contributed by atoms with Gasteiger partial charge in [-0.2, -0.15) is 0 Å². The lowest BCUT2D eigenvalue weighted by Gasteiger charge is -2.36. The van der Waals surface area contributed by atoms with Crippen molar-refractivity contribution in [2.75, 3.05) is 13.2 Å². The van der Waals surface area contributed by atoms with E-state index in [0.29, 0.717) is 12.0 Å². The normalized spacial score (nSPS) is 12.1. The fourth-order valence-electron chi connectivity index (χ4n) is 4.03. The highest BCUT2D eigenvalue weighted by Gasteiger charge is 2.38. The number of alkyl carbamates (subject to hydrolysis) is 1. The number of alkyl halides is 6. The molecule has 0 saturated heterocycles. The minimum atomic E-state index is -4.97. The average molecular weight is 541 g/mol. The van der Waals surface area contributed by atoms with Crippen molar-refractivity contribution in [3.8, 4) is 11.5 Å². The van der Waals surface area contributed by atoms with Crippen LogP contribution >= 0.6 is 0 Å². The number of hydrogen-bond donors (Lipinski definition) is 1. The van der Waals surface area contributed by atoms with Gasteiger partial charge in [-0.05, 0) is 53.8 Å². The third-order valence-corrected chi connectivity index (χ3v) is 5.56. The van der Waals surface area contributed by atoms with Crippen LogP contribution in [-0.2, 0) is 16.6 Å². The summed E-state index contributed by atoms with van der Waals surface area (Å²) >= 11 is 0. The molecular formula is C27H25F6NO4. The molecule has 0 saturated carbocycles. The molecule has 0 aromatic heterocycles. The summed E-state index contributed by atoms with van der Waals surface area (Å²) in [7, 11) is 0. The maximum absolute atomic E-state index is 13.0. The average Bonchev–Trinajstić information content (AvgIpc) is 2.84. The van der Waals surface area contributed by atoms with Crippen LogP contribution in [0.4, 0.5) is 31.1 Å². The van der Waals surface area contributed by atoms with Gasteiger partial charge in [0.1, 0.15) is 11.5 Å². The maximum Gasteiger partial charge on any atom is 0.573 e. The van der Waals surface area contributed by atoms with Gasteiger partial charge in [0.05, 0.1) is 6.61 Å². The molecule has 0 bridgehead atoms. The van der Waals surface area contributed by atoms with Crippen molar-refractivity contribution >= 4 is 6.09 Å². The molecule has 0 aliphatic carbocycles. The first kappa shape index (κ1) is 28.7. The number of carbonyl (C=O) groups excluding carboxylic acids is 1. The van der Waals surface area contributed by atoms with Crippen LogP contribution in [0, 0.1) is 0 Å². The molecule has 204 valence electrons. The minimum absolute atomic E-state index is 0.0901. The standard InChI is InChI=1S/C27H25F6NO4/c1-2-14-36-24(35)34-18-25(17-19-8-4-3-5-9-19,20-10-6-12-22(15-20)37-26(28,29)30)21-11-7-13-23(16-21)38-27(31,32)33/h3-13,15-16H,2,14,17-18H2,1H3,(H,34,35). The summed E-state index contributed by atoms with van der Waals surface area (Å²) in [6.45, 7) is 1.70. The lowest BCUT2D eigenvalue weighted by atomic mass is 9.70. The number of halogens is 6. The summed E-state index contributed by atoms with van der Waals surface area (Å²) in [5.74, 6) is -1.05. The molecule has 11 heteroatoms. The first-order chi connectivity index (χ1) is 17.9. The first-order valence-corrected chi connectivity index (χ1v) is 11.6. The zero-order chi connectivity index (χ0) is 27.8. The SMILES string of the molecule is CCCOC(=O)NCC(Cc1ccccc1)(c1cccc(OC(F)(F)F)c1)c1cccc(OC(F)(F)F)c1. The van der Waals surface area contributed by atoms with Crippen LogP contribution in [-0.4, -0.2) is 32.0 Å². The van der Waals surface area contributed by atoms with Crippen molar-refractivity contribution in [2.45, 2.75) is 37.9 Å². The van der Waals surface area contributed by atoms with Crippen LogP contribution in [0.5, 0.6) is 11.5 Å². The third-order valence-electron chi connectivity index (χ3n) is 5.56. The van der Waals surface area contributed by atoms with Crippen LogP contribution in [0.2, 0.25) is 0 Å². The van der Waals surface area contributed by atoms with E-state index in [1.165, 1.54) is 24.3 Å². The number of ether oxygens (including phenoxy) is 3. The summed E-state index contributed by atoms with van der Waals surface area (Å²) in [6.07, 6.45) is -10.1. The summed E-state index contributed by atoms with van der Waals surface area (Å²) in [4.78, 5) is 12.4. The Morgan fingerprint density at radius 2 is 1.29 bits per heavy atom. The lowest BCUT2D eigenvalue weighted by Crippen LogP contribution is -2.43. The number of amides is 1. The van der Waals surface area contributed by atoms with Gasteiger partial charge in [0.15, 0.2) is 0 Å².